The van der Waals surface area contributed by atoms with Gasteiger partial charge in [-0.15, -0.1) is 0 Å². The topological polar surface area (TPSA) is 41.1 Å². The first-order valence-electron chi connectivity index (χ1n) is 7.67. The first-order chi connectivity index (χ1) is 9.63. The minimum Gasteiger partial charge on any atom is -0.349 e. The van der Waals surface area contributed by atoms with Gasteiger partial charge in [-0.05, 0) is 56.3 Å². The predicted octanol–water partition coefficient (Wildman–Crippen LogP) is 2.61. The fourth-order valence-corrected chi connectivity index (χ4v) is 3.03. The molecule has 3 atom stereocenters. The molecule has 1 aromatic rings. The molecular formula is C17H26N2O. The summed E-state index contributed by atoms with van der Waals surface area (Å²) in [5.74, 6) is 1.37. The molecule has 0 radical (unpaired) electrons. The zero-order chi connectivity index (χ0) is 14.5. The van der Waals surface area contributed by atoms with E-state index in [1.165, 1.54) is 6.42 Å². The van der Waals surface area contributed by atoms with Gasteiger partial charge in [-0.1, -0.05) is 32.0 Å². The van der Waals surface area contributed by atoms with Crippen molar-refractivity contribution < 1.29 is 4.79 Å². The second kappa shape index (κ2) is 6.89. The standard InChI is InChI=1S/C17H26N2O/c1-12-8-9-16(13(12)2)19-17(20)15-7-5-4-6-14(15)10-11-18-3/h4-7,12-13,16,18H,8-11H2,1-3H3,(H,19,20). The maximum absolute atomic E-state index is 12.5. The van der Waals surface area contributed by atoms with E-state index in [1.807, 2.05) is 31.3 Å². The molecule has 0 heterocycles. The first-order valence-corrected chi connectivity index (χ1v) is 7.67. The smallest absolute Gasteiger partial charge is 0.251 e. The van der Waals surface area contributed by atoms with Gasteiger partial charge in [0, 0.05) is 11.6 Å². The number of hydrogen-bond acceptors (Lipinski definition) is 2. The van der Waals surface area contributed by atoms with E-state index in [0.717, 1.165) is 30.5 Å². The molecule has 1 aliphatic rings. The second-order valence-corrected chi connectivity index (χ2v) is 6.00. The summed E-state index contributed by atoms with van der Waals surface area (Å²) in [6.07, 6.45) is 3.21. The first kappa shape index (κ1) is 15.0. The summed E-state index contributed by atoms with van der Waals surface area (Å²) in [5, 5.41) is 6.37. The summed E-state index contributed by atoms with van der Waals surface area (Å²) >= 11 is 0. The molecule has 1 aliphatic carbocycles. The van der Waals surface area contributed by atoms with E-state index in [9.17, 15) is 4.79 Å². The number of carbonyl (C=O) groups is 1. The number of likely N-dealkylation sites (N-methyl/N-ethyl adjacent to an activating group) is 1. The van der Waals surface area contributed by atoms with Crippen LogP contribution >= 0.6 is 0 Å². The Labute approximate surface area is 122 Å². The normalized spacial score (nSPS) is 25.6. The molecule has 2 N–H and O–H groups in total. The van der Waals surface area contributed by atoms with Crippen LogP contribution in [-0.2, 0) is 6.42 Å². The van der Waals surface area contributed by atoms with Crippen molar-refractivity contribution in [3.8, 4) is 0 Å². The zero-order valence-corrected chi connectivity index (χ0v) is 12.8. The highest BCUT2D eigenvalue weighted by Crippen LogP contribution is 2.31. The van der Waals surface area contributed by atoms with Gasteiger partial charge in [-0.2, -0.15) is 0 Å². The maximum atomic E-state index is 12.5. The van der Waals surface area contributed by atoms with Crippen LogP contribution in [0.5, 0.6) is 0 Å². The Hall–Kier alpha value is -1.35. The molecule has 1 fully saturated rings. The fraction of sp³-hybridized carbons (Fsp3) is 0.588. The van der Waals surface area contributed by atoms with E-state index in [1.54, 1.807) is 0 Å². The average Bonchev–Trinajstić information content (AvgIpc) is 2.77. The van der Waals surface area contributed by atoms with E-state index in [0.29, 0.717) is 17.9 Å². The van der Waals surface area contributed by atoms with Crippen LogP contribution in [0.15, 0.2) is 24.3 Å². The molecule has 110 valence electrons. The van der Waals surface area contributed by atoms with Crippen molar-refractivity contribution in [1.82, 2.24) is 10.6 Å². The van der Waals surface area contributed by atoms with E-state index < -0.39 is 0 Å². The van der Waals surface area contributed by atoms with Crippen LogP contribution in [0.1, 0.15) is 42.6 Å². The van der Waals surface area contributed by atoms with Crippen LogP contribution in [0, 0.1) is 11.8 Å². The van der Waals surface area contributed by atoms with E-state index in [2.05, 4.69) is 24.5 Å². The lowest BCUT2D eigenvalue weighted by atomic mass is 9.97. The molecule has 0 saturated heterocycles. The van der Waals surface area contributed by atoms with Gasteiger partial charge in [0.05, 0.1) is 0 Å². The molecule has 0 bridgehead atoms. The van der Waals surface area contributed by atoms with Gasteiger partial charge in [0.25, 0.3) is 5.91 Å². The van der Waals surface area contributed by atoms with Crippen molar-refractivity contribution in [3.05, 3.63) is 35.4 Å². The van der Waals surface area contributed by atoms with Crippen molar-refractivity contribution in [1.29, 1.82) is 0 Å². The fourth-order valence-electron chi connectivity index (χ4n) is 3.03. The number of carbonyl (C=O) groups excluding carboxylic acids is 1. The molecular weight excluding hydrogens is 248 g/mol. The Morgan fingerprint density at radius 3 is 2.65 bits per heavy atom. The monoisotopic (exact) mass is 274 g/mol. The second-order valence-electron chi connectivity index (χ2n) is 6.00. The van der Waals surface area contributed by atoms with Gasteiger partial charge < -0.3 is 10.6 Å². The highest BCUT2D eigenvalue weighted by atomic mass is 16.1. The summed E-state index contributed by atoms with van der Waals surface area (Å²) in [5.41, 5.74) is 1.95. The van der Waals surface area contributed by atoms with Crippen LogP contribution < -0.4 is 10.6 Å². The minimum absolute atomic E-state index is 0.0858. The summed E-state index contributed by atoms with van der Waals surface area (Å²) in [4.78, 5) is 12.5. The summed E-state index contributed by atoms with van der Waals surface area (Å²) in [6, 6.07) is 8.26. The highest BCUT2D eigenvalue weighted by molar-refractivity contribution is 5.95. The molecule has 3 unspecified atom stereocenters. The number of rotatable bonds is 5. The molecule has 1 amide bonds. The summed E-state index contributed by atoms with van der Waals surface area (Å²) < 4.78 is 0. The van der Waals surface area contributed by atoms with Gasteiger partial charge in [-0.3, -0.25) is 4.79 Å². The Morgan fingerprint density at radius 1 is 1.25 bits per heavy atom. The molecule has 2 rings (SSSR count). The molecule has 20 heavy (non-hydrogen) atoms. The van der Waals surface area contributed by atoms with E-state index in [-0.39, 0.29) is 5.91 Å². The third-order valence-corrected chi connectivity index (χ3v) is 4.69. The van der Waals surface area contributed by atoms with Gasteiger partial charge in [0.1, 0.15) is 0 Å². The van der Waals surface area contributed by atoms with Crippen molar-refractivity contribution in [2.24, 2.45) is 11.8 Å². The quantitative estimate of drug-likeness (QED) is 0.866. The summed E-state index contributed by atoms with van der Waals surface area (Å²) in [7, 11) is 1.93. The Morgan fingerprint density at radius 2 is 2.00 bits per heavy atom. The Kier molecular flexibility index (Phi) is 5.18. The van der Waals surface area contributed by atoms with Gasteiger partial charge in [-0.25, -0.2) is 0 Å². The lowest BCUT2D eigenvalue weighted by Crippen LogP contribution is -2.37. The average molecular weight is 274 g/mol. The van der Waals surface area contributed by atoms with Crippen LogP contribution in [0.4, 0.5) is 0 Å². The number of amides is 1. The third kappa shape index (κ3) is 3.40. The van der Waals surface area contributed by atoms with Crippen LogP contribution in [-0.4, -0.2) is 25.5 Å². The molecule has 0 aromatic heterocycles. The Balaban J connectivity index is 2.05. The number of benzene rings is 1. The number of hydrogen-bond donors (Lipinski definition) is 2. The van der Waals surface area contributed by atoms with Gasteiger partial charge in [0.15, 0.2) is 0 Å². The van der Waals surface area contributed by atoms with E-state index >= 15 is 0 Å². The molecule has 1 saturated carbocycles. The lowest BCUT2D eigenvalue weighted by Gasteiger charge is -2.20. The van der Waals surface area contributed by atoms with Crippen molar-refractivity contribution in [2.45, 2.75) is 39.2 Å². The molecule has 1 aromatic carbocycles. The van der Waals surface area contributed by atoms with Crippen LogP contribution in [0.25, 0.3) is 0 Å². The Bertz CT molecular complexity index is 458. The zero-order valence-electron chi connectivity index (χ0n) is 12.8. The molecule has 3 nitrogen and oxygen atoms in total. The van der Waals surface area contributed by atoms with Gasteiger partial charge in [0.2, 0.25) is 0 Å². The predicted molar refractivity (Wildman–Crippen MR) is 82.9 cm³/mol. The largest absolute Gasteiger partial charge is 0.349 e. The molecule has 3 heteroatoms. The maximum Gasteiger partial charge on any atom is 0.251 e. The minimum atomic E-state index is 0.0858. The van der Waals surface area contributed by atoms with Crippen molar-refractivity contribution in [3.63, 3.8) is 0 Å². The highest BCUT2D eigenvalue weighted by Gasteiger charge is 2.31. The van der Waals surface area contributed by atoms with Crippen molar-refractivity contribution in [2.75, 3.05) is 13.6 Å². The summed E-state index contributed by atoms with van der Waals surface area (Å²) in [6.45, 7) is 5.41. The number of nitrogens with one attached hydrogen (secondary N) is 2. The van der Waals surface area contributed by atoms with Crippen LogP contribution in [0.2, 0.25) is 0 Å². The lowest BCUT2D eigenvalue weighted by molar-refractivity contribution is 0.0926. The van der Waals surface area contributed by atoms with Gasteiger partial charge >= 0.3 is 0 Å². The SMILES string of the molecule is CNCCc1ccccc1C(=O)NC1CCC(C)C1C. The molecule has 0 spiro atoms. The van der Waals surface area contributed by atoms with Crippen LogP contribution in [0.3, 0.4) is 0 Å². The van der Waals surface area contributed by atoms with Crippen molar-refractivity contribution >= 4 is 5.91 Å². The third-order valence-electron chi connectivity index (χ3n) is 4.69. The molecule has 0 aliphatic heterocycles. The van der Waals surface area contributed by atoms with E-state index in [4.69, 9.17) is 0 Å².